The fraction of sp³-hybridized carbons (Fsp3) is 0.250. The molecule has 2 amide bonds. The third-order valence-electron chi connectivity index (χ3n) is 4.58. The van der Waals surface area contributed by atoms with Gasteiger partial charge in [-0.05, 0) is 24.3 Å². The summed E-state index contributed by atoms with van der Waals surface area (Å²) in [4.78, 5) is 48.4. The maximum Gasteiger partial charge on any atom is 0.311 e. The van der Waals surface area contributed by atoms with Gasteiger partial charge in [0.15, 0.2) is 6.61 Å². The van der Waals surface area contributed by atoms with Gasteiger partial charge < -0.3 is 19.7 Å². The highest BCUT2D eigenvalue weighted by atomic mass is 35.5. The van der Waals surface area contributed by atoms with Crippen molar-refractivity contribution in [1.82, 2.24) is 0 Å². The molecule has 1 saturated heterocycles. The summed E-state index contributed by atoms with van der Waals surface area (Å²) < 4.78 is 10.3. The molecule has 10 nitrogen and oxygen atoms in total. The van der Waals surface area contributed by atoms with Crippen molar-refractivity contribution in [3.05, 3.63) is 57.6 Å². The van der Waals surface area contributed by atoms with Crippen LogP contribution in [-0.4, -0.2) is 43.0 Å². The van der Waals surface area contributed by atoms with Gasteiger partial charge >= 0.3 is 5.97 Å². The SMILES string of the molecule is COc1ccc(Cl)cc1N1C[C@@H](C(=O)OCC(=O)Nc2cccc([N+](=O)[O-])c2)CC1=O. The van der Waals surface area contributed by atoms with Crippen molar-refractivity contribution in [1.29, 1.82) is 0 Å². The van der Waals surface area contributed by atoms with Gasteiger partial charge in [0.2, 0.25) is 5.91 Å². The fourth-order valence-electron chi connectivity index (χ4n) is 3.12. The number of ether oxygens (including phenoxy) is 2. The van der Waals surface area contributed by atoms with Crippen molar-refractivity contribution in [2.24, 2.45) is 5.92 Å². The molecule has 11 heteroatoms. The molecule has 0 spiro atoms. The molecular weight excluding hydrogens is 430 g/mol. The number of esters is 1. The molecule has 0 saturated carbocycles. The Labute approximate surface area is 181 Å². The molecule has 1 heterocycles. The zero-order chi connectivity index (χ0) is 22.5. The van der Waals surface area contributed by atoms with Gasteiger partial charge in [-0.2, -0.15) is 0 Å². The second-order valence-corrected chi connectivity index (χ2v) is 7.12. The van der Waals surface area contributed by atoms with Crippen LogP contribution in [-0.2, 0) is 19.1 Å². The predicted octanol–water partition coefficient (Wildman–Crippen LogP) is 2.79. The lowest BCUT2D eigenvalue weighted by molar-refractivity contribution is -0.384. The number of anilines is 2. The molecule has 162 valence electrons. The molecule has 1 atom stereocenters. The van der Waals surface area contributed by atoms with Gasteiger partial charge in [0, 0.05) is 35.8 Å². The second kappa shape index (κ2) is 9.43. The Bertz CT molecular complexity index is 1040. The number of nitro benzene ring substituents is 1. The molecule has 0 bridgehead atoms. The number of carbonyl (C=O) groups is 3. The van der Waals surface area contributed by atoms with Crippen LogP contribution in [0.5, 0.6) is 5.75 Å². The molecule has 0 aromatic heterocycles. The van der Waals surface area contributed by atoms with Crippen molar-refractivity contribution >= 4 is 46.4 Å². The lowest BCUT2D eigenvalue weighted by Crippen LogP contribution is -2.28. The molecular formula is C20H18ClN3O7. The second-order valence-electron chi connectivity index (χ2n) is 6.68. The number of methoxy groups -OCH3 is 1. The number of hydrogen-bond acceptors (Lipinski definition) is 7. The molecule has 1 aliphatic rings. The first-order valence-corrected chi connectivity index (χ1v) is 9.51. The number of rotatable bonds is 7. The standard InChI is InChI=1S/C20H18ClN3O7/c1-30-17-6-5-13(21)8-16(17)23-10-12(7-19(23)26)20(27)31-11-18(25)22-14-3-2-4-15(9-14)24(28)29/h2-6,8-9,12H,7,10-11H2,1H3,(H,22,25)/t12-/m0/s1. The molecule has 1 N–H and O–H groups in total. The summed E-state index contributed by atoms with van der Waals surface area (Å²) in [5.41, 5.74) is 0.458. The van der Waals surface area contributed by atoms with Crippen LogP contribution >= 0.6 is 11.6 Å². The largest absolute Gasteiger partial charge is 0.495 e. The molecule has 0 aliphatic carbocycles. The van der Waals surface area contributed by atoms with E-state index in [1.807, 2.05) is 0 Å². The summed E-state index contributed by atoms with van der Waals surface area (Å²) in [6, 6.07) is 10.2. The van der Waals surface area contributed by atoms with Gasteiger partial charge in [-0.1, -0.05) is 17.7 Å². The van der Waals surface area contributed by atoms with Crippen molar-refractivity contribution in [2.75, 3.05) is 30.5 Å². The Morgan fingerprint density at radius 2 is 2.06 bits per heavy atom. The zero-order valence-electron chi connectivity index (χ0n) is 16.4. The maximum absolute atomic E-state index is 12.4. The number of nitro groups is 1. The number of benzene rings is 2. The summed E-state index contributed by atoms with van der Waals surface area (Å²) in [5, 5.41) is 13.6. The number of amides is 2. The zero-order valence-corrected chi connectivity index (χ0v) is 17.1. The Morgan fingerprint density at radius 3 is 2.77 bits per heavy atom. The first-order chi connectivity index (χ1) is 14.8. The van der Waals surface area contributed by atoms with Crippen molar-refractivity contribution < 1.29 is 28.8 Å². The van der Waals surface area contributed by atoms with E-state index in [4.69, 9.17) is 21.1 Å². The third kappa shape index (κ3) is 5.28. The van der Waals surface area contributed by atoms with E-state index >= 15 is 0 Å². The van der Waals surface area contributed by atoms with E-state index in [9.17, 15) is 24.5 Å². The number of hydrogen-bond donors (Lipinski definition) is 1. The monoisotopic (exact) mass is 447 g/mol. The van der Waals surface area contributed by atoms with Crippen LogP contribution in [0.3, 0.4) is 0 Å². The summed E-state index contributed by atoms with van der Waals surface area (Å²) in [6.07, 6.45) is -0.0823. The Kier molecular flexibility index (Phi) is 6.71. The van der Waals surface area contributed by atoms with Gasteiger partial charge in [0.1, 0.15) is 5.75 Å². The topological polar surface area (TPSA) is 128 Å². The number of halogens is 1. The Balaban J connectivity index is 1.57. The lowest BCUT2D eigenvalue weighted by atomic mass is 10.1. The van der Waals surface area contributed by atoms with Gasteiger partial charge in [-0.15, -0.1) is 0 Å². The minimum absolute atomic E-state index is 0.0564. The van der Waals surface area contributed by atoms with Crippen LogP contribution in [0.25, 0.3) is 0 Å². The van der Waals surface area contributed by atoms with Crippen LogP contribution in [0.4, 0.5) is 17.1 Å². The normalized spacial score (nSPS) is 15.5. The van der Waals surface area contributed by atoms with E-state index in [1.54, 1.807) is 18.2 Å². The summed E-state index contributed by atoms with van der Waals surface area (Å²) in [6.45, 7) is -0.534. The quantitative estimate of drug-likeness (QED) is 0.392. The van der Waals surface area contributed by atoms with Crippen LogP contribution < -0.4 is 15.0 Å². The van der Waals surface area contributed by atoms with E-state index in [0.717, 1.165) is 0 Å². The van der Waals surface area contributed by atoms with E-state index in [2.05, 4.69) is 5.32 Å². The molecule has 1 fully saturated rings. The van der Waals surface area contributed by atoms with Crippen LogP contribution in [0.2, 0.25) is 5.02 Å². The highest BCUT2D eigenvalue weighted by Gasteiger charge is 2.37. The lowest BCUT2D eigenvalue weighted by Gasteiger charge is -2.19. The van der Waals surface area contributed by atoms with E-state index in [1.165, 1.54) is 36.3 Å². The number of nitrogens with one attached hydrogen (secondary N) is 1. The average molecular weight is 448 g/mol. The molecule has 1 aliphatic heterocycles. The molecule has 0 unspecified atom stereocenters. The molecule has 2 aromatic rings. The maximum atomic E-state index is 12.4. The van der Waals surface area contributed by atoms with Crippen molar-refractivity contribution in [3.63, 3.8) is 0 Å². The van der Waals surface area contributed by atoms with Crippen molar-refractivity contribution in [2.45, 2.75) is 6.42 Å². The van der Waals surface area contributed by atoms with E-state index < -0.39 is 29.3 Å². The summed E-state index contributed by atoms with van der Waals surface area (Å²) in [7, 11) is 1.46. The molecule has 3 rings (SSSR count). The minimum Gasteiger partial charge on any atom is -0.495 e. The average Bonchev–Trinajstić information content (AvgIpc) is 3.13. The number of carbonyl (C=O) groups excluding carboxylic acids is 3. The van der Waals surface area contributed by atoms with Gasteiger partial charge in [0.25, 0.3) is 11.6 Å². The molecule has 31 heavy (non-hydrogen) atoms. The summed E-state index contributed by atoms with van der Waals surface area (Å²) >= 11 is 6.01. The van der Waals surface area contributed by atoms with Gasteiger partial charge in [-0.25, -0.2) is 0 Å². The third-order valence-corrected chi connectivity index (χ3v) is 4.81. The van der Waals surface area contributed by atoms with E-state index in [-0.39, 0.29) is 30.2 Å². The number of non-ortho nitro benzene ring substituents is 1. The Morgan fingerprint density at radius 1 is 1.29 bits per heavy atom. The van der Waals surface area contributed by atoms with Crippen molar-refractivity contribution in [3.8, 4) is 5.75 Å². The predicted molar refractivity (Wildman–Crippen MR) is 111 cm³/mol. The number of nitrogens with zero attached hydrogens (tertiary/aromatic N) is 2. The fourth-order valence-corrected chi connectivity index (χ4v) is 3.29. The van der Waals surface area contributed by atoms with Crippen LogP contribution in [0.1, 0.15) is 6.42 Å². The van der Waals surface area contributed by atoms with E-state index in [0.29, 0.717) is 16.5 Å². The Hall–Kier alpha value is -3.66. The van der Waals surface area contributed by atoms with Crippen LogP contribution in [0, 0.1) is 16.0 Å². The highest BCUT2D eigenvalue weighted by Crippen LogP contribution is 2.35. The smallest absolute Gasteiger partial charge is 0.311 e. The first kappa shape index (κ1) is 22.0. The first-order valence-electron chi connectivity index (χ1n) is 9.13. The van der Waals surface area contributed by atoms with Gasteiger partial charge in [-0.3, -0.25) is 24.5 Å². The summed E-state index contributed by atoms with van der Waals surface area (Å²) in [5.74, 6) is -1.99. The minimum atomic E-state index is -0.762. The van der Waals surface area contributed by atoms with Gasteiger partial charge in [0.05, 0.1) is 23.6 Å². The van der Waals surface area contributed by atoms with Crippen LogP contribution in [0.15, 0.2) is 42.5 Å². The molecule has 0 radical (unpaired) electrons. The highest BCUT2D eigenvalue weighted by molar-refractivity contribution is 6.31. The molecule has 2 aromatic carbocycles.